The highest BCUT2D eigenvalue weighted by Gasteiger charge is 2.21. The Bertz CT molecular complexity index is 485. The molecule has 21 heavy (non-hydrogen) atoms. The molecule has 1 aliphatic rings. The number of nitrogens with one attached hydrogen (secondary N) is 2. The molecule has 1 heterocycles. The zero-order chi connectivity index (χ0) is 15.2. The quantitative estimate of drug-likeness (QED) is 0.865. The molecular weight excluding hydrogens is 280 g/mol. The van der Waals surface area contributed by atoms with Crippen LogP contribution in [0.25, 0.3) is 0 Å². The fraction of sp³-hybridized carbons (Fsp3) is 0.500. The molecule has 0 radical (unpaired) electrons. The van der Waals surface area contributed by atoms with Crippen molar-refractivity contribution in [1.29, 1.82) is 0 Å². The van der Waals surface area contributed by atoms with Crippen LogP contribution in [0, 0.1) is 0 Å². The maximum Gasteiger partial charge on any atom is 0.387 e. The monoisotopic (exact) mass is 299 g/mol. The molecule has 1 amide bonds. The summed E-state index contributed by atoms with van der Waals surface area (Å²) in [7, 11) is 0. The molecule has 0 saturated carbocycles. The van der Waals surface area contributed by atoms with E-state index in [0.29, 0.717) is 0 Å². The lowest BCUT2D eigenvalue weighted by Gasteiger charge is -2.33. The number of halogens is 2. The lowest BCUT2D eigenvalue weighted by molar-refractivity contribution is -0.118. The molecular formula is C14H19F2N3O2. The van der Waals surface area contributed by atoms with Crippen molar-refractivity contribution in [2.45, 2.75) is 19.6 Å². The van der Waals surface area contributed by atoms with Gasteiger partial charge >= 0.3 is 6.61 Å². The molecule has 0 bridgehead atoms. The van der Waals surface area contributed by atoms with Gasteiger partial charge in [-0.05, 0) is 19.1 Å². The van der Waals surface area contributed by atoms with E-state index < -0.39 is 6.61 Å². The lowest BCUT2D eigenvalue weighted by Crippen LogP contribution is -2.52. The molecule has 1 atom stereocenters. The van der Waals surface area contributed by atoms with Crippen LogP contribution >= 0.6 is 0 Å². The third kappa shape index (κ3) is 4.64. The van der Waals surface area contributed by atoms with E-state index in [-0.39, 0.29) is 29.9 Å². The number of carbonyl (C=O) groups is 1. The Labute approximate surface area is 122 Å². The van der Waals surface area contributed by atoms with Crippen molar-refractivity contribution in [2.24, 2.45) is 0 Å². The molecule has 1 fully saturated rings. The van der Waals surface area contributed by atoms with Crippen molar-refractivity contribution < 1.29 is 18.3 Å². The van der Waals surface area contributed by atoms with Gasteiger partial charge in [0.15, 0.2) is 0 Å². The largest absolute Gasteiger partial charge is 0.433 e. The van der Waals surface area contributed by atoms with Crippen LogP contribution in [-0.2, 0) is 4.79 Å². The molecule has 7 heteroatoms. The molecule has 0 unspecified atom stereocenters. The summed E-state index contributed by atoms with van der Waals surface area (Å²) in [5, 5.41) is 5.87. The van der Waals surface area contributed by atoms with Gasteiger partial charge in [0.25, 0.3) is 0 Å². The fourth-order valence-corrected chi connectivity index (χ4v) is 2.26. The van der Waals surface area contributed by atoms with Gasteiger partial charge in [0.05, 0.1) is 12.2 Å². The highest BCUT2D eigenvalue weighted by Crippen LogP contribution is 2.25. The topological polar surface area (TPSA) is 53.6 Å². The average molecular weight is 299 g/mol. The Hall–Kier alpha value is -1.73. The third-order valence-corrected chi connectivity index (χ3v) is 3.36. The molecule has 2 rings (SSSR count). The van der Waals surface area contributed by atoms with E-state index in [9.17, 15) is 13.6 Å². The number of anilines is 1. The number of amides is 1. The van der Waals surface area contributed by atoms with Crippen molar-refractivity contribution >= 4 is 11.6 Å². The van der Waals surface area contributed by atoms with Crippen molar-refractivity contribution in [3.05, 3.63) is 24.3 Å². The van der Waals surface area contributed by atoms with Gasteiger partial charge in [-0.1, -0.05) is 12.1 Å². The number of nitrogens with zero attached hydrogens (tertiary/aromatic N) is 1. The van der Waals surface area contributed by atoms with E-state index in [0.717, 1.165) is 19.6 Å². The number of hydrogen-bond acceptors (Lipinski definition) is 4. The van der Waals surface area contributed by atoms with Crippen LogP contribution in [-0.4, -0.2) is 49.6 Å². The molecule has 5 nitrogen and oxygen atoms in total. The zero-order valence-electron chi connectivity index (χ0n) is 11.8. The molecule has 1 saturated heterocycles. The molecule has 1 aliphatic heterocycles. The molecule has 0 aliphatic carbocycles. The molecule has 2 N–H and O–H groups in total. The number of carbonyl (C=O) groups excluding carboxylic acids is 1. The predicted molar refractivity (Wildman–Crippen MR) is 75.6 cm³/mol. The number of ether oxygens (including phenoxy) is 1. The minimum Gasteiger partial charge on any atom is -0.433 e. The van der Waals surface area contributed by atoms with Crippen LogP contribution in [0.3, 0.4) is 0 Å². The first-order valence-corrected chi connectivity index (χ1v) is 6.84. The smallest absolute Gasteiger partial charge is 0.387 e. The summed E-state index contributed by atoms with van der Waals surface area (Å²) >= 11 is 0. The van der Waals surface area contributed by atoms with Crippen LogP contribution in [0.15, 0.2) is 24.3 Å². The highest BCUT2D eigenvalue weighted by atomic mass is 19.3. The first-order chi connectivity index (χ1) is 10.1. The Balaban J connectivity index is 1.96. The van der Waals surface area contributed by atoms with E-state index in [2.05, 4.69) is 15.4 Å². The van der Waals surface area contributed by atoms with Gasteiger partial charge in [-0.3, -0.25) is 9.69 Å². The van der Waals surface area contributed by atoms with Crippen LogP contribution < -0.4 is 15.4 Å². The summed E-state index contributed by atoms with van der Waals surface area (Å²) in [4.78, 5) is 14.1. The van der Waals surface area contributed by atoms with E-state index in [4.69, 9.17) is 0 Å². The molecule has 1 aromatic carbocycles. The predicted octanol–water partition coefficient (Wildman–Crippen LogP) is 1.52. The number of benzene rings is 1. The third-order valence-electron chi connectivity index (χ3n) is 3.36. The summed E-state index contributed by atoms with van der Waals surface area (Å²) in [6.07, 6.45) is 0. The Morgan fingerprint density at radius 3 is 3.00 bits per heavy atom. The van der Waals surface area contributed by atoms with E-state index in [1.165, 1.54) is 12.1 Å². The van der Waals surface area contributed by atoms with Crippen molar-refractivity contribution in [1.82, 2.24) is 10.2 Å². The fourth-order valence-electron chi connectivity index (χ4n) is 2.26. The zero-order valence-corrected chi connectivity index (χ0v) is 11.8. The van der Waals surface area contributed by atoms with Gasteiger partial charge in [0.2, 0.25) is 5.91 Å². The maximum absolute atomic E-state index is 12.3. The first-order valence-electron chi connectivity index (χ1n) is 6.84. The second-order valence-corrected chi connectivity index (χ2v) is 4.95. The van der Waals surface area contributed by atoms with Crippen LogP contribution in [0.2, 0.25) is 0 Å². The number of alkyl halides is 2. The normalized spacial score (nSPS) is 19.5. The SMILES string of the molecule is C[C@H]1CNCCN1CC(=O)Nc1ccccc1OC(F)F. The summed E-state index contributed by atoms with van der Waals surface area (Å²) < 4.78 is 29.0. The molecule has 1 aromatic rings. The van der Waals surface area contributed by atoms with E-state index in [1.807, 2.05) is 11.8 Å². The number of hydrogen-bond donors (Lipinski definition) is 2. The van der Waals surface area contributed by atoms with Gasteiger partial charge in [-0.15, -0.1) is 0 Å². The van der Waals surface area contributed by atoms with E-state index in [1.54, 1.807) is 12.1 Å². The lowest BCUT2D eigenvalue weighted by atomic mass is 10.2. The van der Waals surface area contributed by atoms with Crippen molar-refractivity contribution in [2.75, 3.05) is 31.5 Å². The van der Waals surface area contributed by atoms with Gasteiger partial charge in [0.1, 0.15) is 5.75 Å². The summed E-state index contributed by atoms with van der Waals surface area (Å²) in [5.74, 6) is -0.275. The standard InChI is InChI=1S/C14H19F2N3O2/c1-10-8-17-6-7-19(10)9-13(20)18-11-4-2-3-5-12(11)21-14(15)16/h2-5,10,14,17H,6-9H2,1H3,(H,18,20)/t10-/m0/s1. The van der Waals surface area contributed by atoms with Crippen LogP contribution in [0.5, 0.6) is 5.75 Å². The van der Waals surface area contributed by atoms with Gasteiger partial charge in [-0.2, -0.15) is 8.78 Å². The number of para-hydroxylation sites is 2. The molecule has 116 valence electrons. The van der Waals surface area contributed by atoms with Crippen LogP contribution in [0.1, 0.15) is 6.92 Å². The van der Waals surface area contributed by atoms with E-state index >= 15 is 0 Å². The van der Waals surface area contributed by atoms with Gasteiger partial charge in [-0.25, -0.2) is 0 Å². The van der Waals surface area contributed by atoms with Gasteiger partial charge < -0.3 is 15.4 Å². The number of piperazine rings is 1. The molecule has 0 spiro atoms. The highest BCUT2D eigenvalue weighted by molar-refractivity contribution is 5.93. The minimum atomic E-state index is -2.92. The number of rotatable bonds is 5. The summed E-state index contributed by atoms with van der Waals surface area (Å²) in [6, 6.07) is 6.43. The Kier molecular flexibility index (Phi) is 5.46. The first kappa shape index (κ1) is 15.7. The summed E-state index contributed by atoms with van der Waals surface area (Å²) in [5.41, 5.74) is 0.255. The van der Waals surface area contributed by atoms with Crippen molar-refractivity contribution in [3.8, 4) is 5.75 Å². The second kappa shape index (κ2) is 7.33. The Morgan fingerprint density at radius 1 is 1.52 bits per heavy atom. The average Bonchev–Trinajstić information content (AvgIpc) is 2.43. The Morgan fingerprint density at radius 2 is 2.29 bits per heavy atom. The van der Waals surface area contributed by atoms with Crippen LogP contribution in [0.4, 0.5) is 14.5 Å². The maximum atomic E-state index is 12.3. The molecule has 0 aromatic heterocycles. The van der Waals surface area contributed by atoms with Gasteiger partial charge in [0, 0.05) is 25.7 Å². The second-order valence-electron chi connectivity index (χ2n) is 4.95. The van der Waals surface area contributed by atoms with Crippen molar-refractivity contribution in [3.63, 3.8) is 0 Å². The minimum absolute atomic E-state index is 0.0331. The summed E-state index contributed by atoms with van der Waals surface area (Å²) in [6.45, 7) is 1.79.